The number of amides is 1. The van der Waals surface area contributed by atoms with E-state index in [2.05, 4.69) is 0 Å². The van der Waals surface area contributed by atoms with E-state index >= 15 is 0 Å². The Morgan fingerprint density at radius 1 is 1.23 bits per heavy atom. The van der Waals surface area contributed by atoms with E-state index < -0.39 is 67.4 Å². The van der Waals surface area contributed by atoms with E-state index in [1.54, 1.807) is 0 Å². The van der Waals surface area contributed by atoms with Gasteiger partial charge in [-0.05, 0) is 44.1 Å². The third-order valence-electron chi connectivity index (χ3n) is 5.41. The predicted molar refractivity (Wildman–Crippen MR) is 105 cm³/mol. The molecular weight excluding hydrogens is 397 g/mol. The lowest BCUT2D eigenvalue weighted by Gasteiger charge is -2.46. The van der Waals surface area contributed by atoms with Crippen LogP contribution in [0.25, 0.3) is 0 Å². The van der Waals surface area contributed by atoms with Crippen LogP contribution in [0.5, 0.6) is 5.75 Å². The molecule has 2 N–H and O–H groups in total. The van der Waals surface area contributed by atoms with Crippen molar-refractivity contribution in [1.82, 2.24) is 9.80 Å². The number of likely N-dealkylation sites (tertiary alicyclic amines) is 1. The summed E-state index contributed by atoms with van der Waals surface area (Å²) in [6.07, 6.45) is -0.800. The fraction of sp³-hybridized carbons (Fsp3) is 0.409. The lowest BCUT2D eigenvalue weighted by Crippen LogP contribution is -2.54. The van der Waals surface area contributed by atoms with Gasteiger partial charge >= 0.3 is 0 Å². The van der Waals surface area contributed by atoms with Crippen LogP contribution >= 0.6 is 0 Å². The predicted octanol–water partition coefficient (Wildman–Crippen LogP) is 2.65. The highest BCUT2D eigenvalue weighted by Crippen LogP contribution is 2.39. The van der Waals surface area contributed by atoms with Gasteiger partial charge in [0.25, 0.3) is 0 Å². The smallest absolute Gasteiger partial charge is 0.227 e. The Hall–Kier alpha value is -2.58. The molecule has 2 unspecified atom stereocenters. The van der Waals surface area contributed by atoms with Gasteiger partial charge in [0.1, 0.15) is 11.6 Å². The zero-order chi connectivity index (χ0) is 27.1. The second-order valence-electron chi connectivity index (χ2n) is 7.41. The molecule has 30 heavy (non-hydrogen) atoms. The van der Waals surface area contributed by atoms with Gasteiger partial charge in [-0.15, -0.1) is 0 Å². The zero-order valence-corrected chi connectivity index (χ0v) is 15.9. The lowest BCUT2D eigenvalue weighted by atomic mass is 9.75. The largest absolute Gasteiger partial charge is 0.508 e. The van der Waals surface area contributed by atoms with E-state index in [4.69, 9.17) is 8.22 Å². The number of phenols is 1. The molecule has 1 aliphatic heterocycles. The molecule has 1 heterocycles. The summed E-state index contributed by atoms with van der Waals surface area (Å²) in [5, 5.41) is 21.5. The number of carbonyl (C=O) groups is 1. The van der Waals surface area contributed by atoms with E-state index in [9.17, 15) is 28.2 Å². The van der Waals surface area contributed by atoms with Crippen LogP contribution in [-0.2, 0) is 16.8 Å². The van der Waals surface area contributed by atoms with E-state index in [0.29, 0.717) is 12.1 Å². The van der Waals surface area contributed by atoms with Crippen molar-refractivity contribution >= 4 is 5.91 Å². The minimum absolute atomic E-state index is 0.0890. The number of phenolic OH excluding ortho intramolecular Hbond substituents is 1. The average molecular weight is 428 g/mol. The zero-order valence-electron chi connectivity index (χ0n) is 21.9. The molecule has 2 aromatic carbocycles. The van der Waals surface area contributed by atoms with E-state index in [0.717, 1.165) is 0 Å². The molecule has 1 aliphatic rings. The maximum absolute atomic E-state index is 14.1. The highest BCUT2D eigenvalue weighted by Gasteiger charge is 2.44. The van der Waals surface area contributed by atoms with Gasteiger partial charge in [0, 0.05) is 45.4 Å². The van der Waals surface area contributed by atoms with E-state index in [-0.39, 0.29) is 35.7 Å². The second kappa shape index (κ2) is 8.65. The molecule has 8 heteroatoms. The lowest BCUT2D eigenvalue weighted by molar-refractivity contribution is -0.141. The molecule has 2 atom stereocenters. The molecule has 0 aromatic heterocycles. The molecule has 0 aliphatic carbocycles. The Bertz CT molecular complexity index is 1120. The SMILES string of the molecule is [2H]C([2H])([2H])N(CC1CN(C(=O)Cc2cc(F)c(F)cc2F)CCC1(O)c1cccc(O)c1)C([2H])([2H])[2H]. The second-order valence-corrected chi connectivity index (χ2v) is 7.41. The summed E-state index contributed by atoms with van der Waals surface area (Å²) >= 11 is 0. The number of rotatable bonds is 5. The number of carbonyl (C=O) groups excluding carboxylic acids is 1. The highest BCUT2D eigenvalue weighted by atomic mass is 19.2. The van der Waals surface area contributed by atoms with Crippen molar-refractivity contribution in [3.05, 3.63) is 65.0 Å². The van der Waals surface area contributed by atoms with Crippen LogP contribution in [-0.4, -0.2) is 59.5 Å². The number of aliphatic hydroxyl groups is 1. The van der Waals surface area contributed by atoms with Crippen LogP contribution in [0.1, 0.15) is 25.8 Å². The standard InChI is InChI=1S/C22H25F3N2O3/c1-26(2)12-16-13-27(7-6-22(16,30)15-4-3-5-17(28)10-15)21(29)9-14-8-19(24)20(25)11-18(14)23/h3-5,8,10-11,16,28,30H,6-7,9,12-13H2,1-2H3/i1D3,2D3. The van der Waals surface area contributed by atoms with Gasteiger partial charge in [-0.25, -0.2) is 13.2 Å². The quantitative estimate of drug-likeness (QED) is 0.719. The van der Waals surface area contributed by atoms with Gasteiger partial charge < -0.3 is 20.0 Å². The summed E-state index contributed by atoms with van der Waals surface area (Å²) in [5.41, 5.74) is -2.02. The maximum Gasteiger partial charge on any atom is 0.227 e. The minimum Gasteiger partial charge on any atom is -0.508 e. The Morgan fingerprint density at radius 2 is 1.97 bits per heavy atom. The first-order valence-corrected chi connectivity index (χ1v) is 9.23. The Kier molecular flexibility index (Phi) is 4.40. The van der Waals surface area contributed by atoms with Gasteiger partial charge in [0.2, 0.25) is 5.91 Å². The molecular formula is C22H25F3N2O3. The molecule has 0 saturated carbocycles. The number of halogens is 3. The molecule has 3 rings (SSSR count). The average Bonchev–Trinajstić information content (AvgIpc) is 2.75. The summed E-state index contributed by atoms with van der Waals surface area (Å²) in [4.78, 5) is 14.4. The molecule has 162 valence electrons. The van der Waals surface area contributed by atoms with Gasteiger partial charge in [0.05, 0.1) is 12.0 Å². The monoisotopic (exact) mass is 428 g/mol. The van der Waals surface area contributed by atoms with Crippen molar-refractivity contribution in [3.8, 4) is 5.75 Å². The Balaban J connectivity index is 1.94. The molecule has 0 bridgehead atoms. The van der Waals surface area contributed by atoms with Crippen LogP contribution < -0.4 is 0 Å². The molecule has 1 fully saturated rings. The van der Waals surface area contributed by atoms with Crippen LogP contribution in [0.4, 0.5) is 13.2 Å². The summed E-state index contributed by atoms with van der Waals surface area (Å²) in [6.45, 7) is -7.21. The van der Waals surface area contributed by atoms with Crippen molar-refractivity contribution in [2.75, 3.05) is 33.6 Å². The van der Waals surface area contributed by atoms with Crippen molar-refractivity contribution in [3.63, 3.8) is 0 Å². The number of hydrogen-bond acceptors (Lipinski definition) is 4. The number of benzene rings is 2. The van der Waals surface area contributed by atoms with Crippen molar-refractivity contribution in [2.24, 2.45) is 5.92 Å². The Morgan fingerprint density at radius 3 is 2.67 bits per heavy atom. The van der Waals surface area contributed by atoms with Gasteiger partial charge in [0.15, 0.2) is 11.6 Å². The first-order chi connectivity index (χ1) is 16.5. The third kappa shape index (κ3) is 4.60. The van der Waals surface area contributed by atoms with Crippen LogP contribution in [0, 0.1) is 23.4 Å². The summed E-state index contributed by atoms with van der Waals surface area (Å²) in [5.74, 6) is -5.92. The maximum atomic E-state index is 14.1. The van der Waals surface area contributed by atoms with Gasteiger partial charge in [-0.1, -0.05) is 12.1 Å². The van der Waals surface area contributed by atoms with Crippen LogP contribution in [0.2, 0.25) is 0 Å². The summed E-state index contributed by atoms with van der Waals surface area (Å²) in [7, 11) is 0. The number of nitrogens with zero attached hydrogens (tertiary/aromatic N) is 2. The summed E-state index contributed by atoms with van der Waals surface area (Å²) < 4.78 is 86.9. The topological polar surface area (TPSA) is 64.0 Å². The minimum atomic E-state index is -3.06. The van der Waals surface area contributed by atoms with Crippen molar-refractivity contribution in [2.45, 2.75) is 18.4 Å². The van der Waals surface area contributed by atoms with Gasteiger partial charge in [-0.3, -0.25) is 4.79 Å². The van der Waals surface area contributed by atoms with E-state index in [1.165, 1.54) is 29.2 Å². The fourth-order valence-corrected chi connectivity index (χ4v) is 3.80. The summed E-state index contributed by atoms with van der Waals surface area (Å²) in [6, 6.07) is 6.44. The number of piperidine rings is 1. The van der Waals surface area contributed by atoms with Crippen LogP contribution in [0.15, 0.2) is 36.4 Å². The van der Waals surface area contributed by atoms with Gasteiger partial charge in [-0.2, -0.15) is 0 Å². The fourth-order valence-electron chi connectivity index (χ4n) is 3.80. The van der Waals surface area contributed by atoms with E-state index in [1.807, 2.05) is 0 Å². The molecule has 1 saturated heterocycles. The molecule has 2 aromatic rings. The first-order valence-electron chi connectivity index (χ1n) is 12.2. The Labute approximate surface area is 181 Å². The first kappa shape index (κ1) is 15.3. The third-order valence-corrected chi connectivity index (χ3v) is 5.41. The van der Waals surface area contributed by atoms with Crippen molar-refractivity contribution < 1.29 is 36.4 Å². The molecule has 1 amide bonds. The molecule has 5 nitrogen and oxygen atoms in total. The molecule has 0 radical (unpaired) electrons. The number of hydrogen-bond donors (Lipinski definition) is 2. The van der Waals surface area contributed by atoms with Crippen LogP contribution in [0.3, 0.4) is 0 Å². The number of aromatic hydroxyl groups is 1. The highest BCUT2D eigenvalue weighted by molar-refractivity contribution is 5.79. The normalized spacial score (nSPS) is 25.6. The molecule has 0 spiro atoms. The van der Waals surface area contributed by atoms with Crippen molar-refractivity contribution in [1.29, 1.82) is 0 Å².